The van der Waals surface area contributed by atoms with Crippen molar-refractivity contribution in [1.29, 1.82) is 5.26 Å². The van der Waals surface area contributed by atoms with Gasteiger partial charge in [0.05, 0.1) is 6.07 Å². The second kappa shape index (κ2) is 6.30. The minimum absolute atomic E-state index is 0.104. The van der Waals surface area contributed by atoms with Crippen molar-refractivity contribution in [2.24, 2.45) is 0 Å². The highest BCUT2D eigenvalue weighted by atomic mass is 14.9. The van der Waals surface area contributed by atoms with Gasteiger partial charge in [-0.3, -0.25) is 0 Å². The normalized spacial score (nSPS) is 11.1. The van der Waals surface area contributed by atoms with Crippen LogP contribution in [0.2, 0.25) is 0 Å². The fourth-order valence-electron chi connectivity index (χ4n) is 1.65. The second-order valence-corrected chi connectivity index (χ2v) is 4.70. The van der Waals surface area contributed by atoms with Gasteiger partial charge in [0.25, 0.3) is 0 Å². The Hall–Kier alpha value is -1.33. The number of nitrogens with zero attached hydrogens (tertiary/aromatic N) is 1. The highest BCUT2D eigenvalue weighted by molar-refractivity contribution is 5.15. The summed E-state index contributed by atoms with van der Waals surface area (Å²) in [5, 5.41) is 11.9. The van der Waals surface area contributed by atoms with E-state index < -0.39 is 0 Å². The lowest BCUT2D eigenvalue weighted by atomic mass is 9.95. The number of benzene rings is 1. The quantitative estimate of drug-likeness (QED) is 0.742. The van der Waals surface area contributed by atoms with Gasteiger partial charge >= 0.3 is 0 Å². The van der Waals surface area contributed by atoms with Crippen LogP contribution in [-0.4, -0.2) is 12.1 Å². The number of aryl methyl sites for hydroxylation is 1. The fraction of sp³-hybridized carbons (Fsp3) is 0.500. The Morgan fingerprint density at radius 1 is 1.25 bits per heavy atom. The molecule has 0 spiro atoms. The first-order chi connectivity index (χ1) is 7.64. The van der Waals surface area contributed by atoms with Gasteiger partial charge in [-0.2, -0.15) is 5.26 Å². The third-order valence-corrected chi connectivity index (χ3v) is 2.72. The Kier molecular flexibility index (Phi) is 5.01. The summed E-state index contributed by atoms with van der Waals surface area (Å²) in [7, 11) is 0. The zero-order valence-corrected chi connectivity index (χ0v) is 10.2. The van der Waals surface area contributed by atoms with E-state index in [2.05, 4.69) is 49.5 Å². The maximum atomic E-state index is 8.48. The summed E-state index contributed by atoms with van der Waals surface area (Å²) in [5.74, 6) is 0. The third kappa shape index (κ3) is 4.95. The molecule has 0 amide bonds. The van der Waals surface area contributed by atoms with Gasteiger partial charge in [-0.15, -0.1) is 0 Å². The Labute approximate surface area is 98.3 Å². The maximum Gasteiger partial charge on any atom is 0.0635 e. The summed E-state index contributed by atoms with van der Waals surface area (Å²) in [6.45, 7) is 5.15. The smallest absolute Gasteiger partial charge is 0.0635 e. The number of nitrogens with one attached hydrogen (secondary N) is 1. The highest BCUT2D eigenvalue weighted by Crippen LogP contribution is 2.13. The van der Waals surface area contributed by atoms with Crippen LogP contribution in [0.3, 0.4) is 0 Å². The van der Waals surface area contributed by atoms with Gasteiger partial charge in [0.15, 0.2) is 0 Å². The van der Waals surface area contributed by atoms with E-state index in [4.69, 9.17) is 5.26 Å². The average molecular weight is 216 g/mol. The molecular formula is C14H20N2. The van der Waals surface area contributed by atoms with Crippen molar-refractivity contribution in [3.63, 3.8) is 0 Å². The minimum Gasteiger partial charge on any atom is -0.311 e. The van der Waals surface area contributed by atoms with Crippen LogP contribution in [0.5, 0.6) is 0 Å². The Bertz CT molecular complexity index is 336. The summed E-state index contributed by atoms with van der Waals surface area (Å²) in [6.07, 6.45) is 2.74. The SMILES string of the molecule is CC(C)(CCc1ccccc1)NCCC#N. The van der Waals surface area contributed by atoms with E-state index in [0.29, 0.717) is 6.42 Å². The molecule has 0 unspecified atom stereocenters. The van der Waals surface area contributed by atoms with E-state index in [9.17, 15) is 0 Å². The molecule has 0 aromatic heterocycles. The van der Waals surface area contributed by atoms with Gasteiger partial charge in [0, 0.05) is 18.5 Å². The van der Waals surface area contributed by atoms with Gasteiger partial charge in [-0.25, -0.2) is 0 Å². The lowest BCUT2D eigenvalue weighted by Crippen LogP contribution is -2.40. The highest BCUT2D eigenvalue weighted by Gasteiger charge is 2.15. The first-order valence-corrected chi connectivity index (χ1v) is 5.80. The summed E-state index contributed by atoms with van der Waals surface area (Å²) >= 11 is 0. The molecule has 16 heavy (non-hydrogen) atoms. The zero-order valence-electron chi connectivity index (χ0n) is 10.2. The van der Waals surface area contributed by atoms with Crippen molar-refractivity contribution in [3.8, 4) is 6.07 Å². The summed E-state index contributed by atoms with van der Waals surface area (Å²) in [4.78, 5) is 0. The monoisotopic (exact) mass is 216 g/mol. The van der Waals surface area contributed by atoms with E-state index in [1.54, 1.807) is 0 Å². The van der Waals surface area contributed by atoms with E-state index in [1.807, 2.05) is 6.07 Å². The Morgan fingerprint density at radius 3 is 2.56 bits per heavy atom. The van der Waals surface area contributed by atoms with Crippen molar-refractivity contribution in [1.82, 2.24) is 5.32 Å². The number of nitriles is 1. The van der Waals surface area contributed by atoms with Crippen LogP contribution in [0.15, 0.2) is 30.3 Å². The standard InChI is InChI=1S/C14H20N2/c1-14(2,16-12-6-11-15)10-9-13-7-4-3-5-8-13/h3-5,7-8,16H,6,9-10,12H2,1-2H3. The molecule has 86 valence electrons. The van der Waals surface area contributed by atoms with Crippen LogP contribution in [0.4, 0.5) is 0 Å². The Morgan fingerprint density at radius 2 is 1.94 bits per heavy atom. The lowest BCUT2D eigenvalue weighted by molar-refractivity contribution is 0.367. The largest absolute Gasteiger partial charge is 0.311 e. The first-order valence-electron chi connectivity index (χ1n) is 5.80. The molecule has 0 saturated carbocycles. The molecule has 0 radical (unpaired) electrons. The molecule has 0 bridgehead atoms. The van der Waals surface area contributed by atoms with Gasteiger partial charge < -0.3 is 5.32 Å². The molecule has 2 heteroatoms. The van der Waals surface area contributed by atoms with Crippen molar-refractivity contribution >= 4 is 0 Å². The summed E-state index contributed by atoms with van der Waals surface area (Å²) in [5.41, 5.74) is 1.48. The number of rotatable bonds is 6. The molecule has 0 aliphatic heterocycles. The zero-order chi connectivity index (χ0) is 11.9. The molecule has 0 atom stereocenters. The van der Waals surface area contributed by atoms with E-state index in [0.717, 1.165) is 19.4 Å². The van der Waals surface area contributed by atoms with E-state index in [1.165, 1.54) is 5.56 Å². The molecule has 0 fully saturated rings. The Balaban J connectivity index is 2.33. The van der Waals surface area contributed by atoms with Crippen LogP contribution in [0, 0.1) is 11.3 Å². The van der Waals surface area contributed by atoms with Crippen LogP contribution in [-0.2, 0) is 6.42 Å². The van der Waals surface area contributed by atoms with Gasteiger partial charge in [-0.1, -0.05) is 30.3 Å². The van der Waals surface area contributed by atoms with Gasteiger partial charge in [0.2, 0.25) is 0 Å². The molecule has 1 aromatic rings. The van der Waals surface area contributed by atoms with Crippen molar-refractivity contribution < 1.29 is 0 Å². The number of hydrogen-bond donors (Lipinski definition) is 1. The van der Waals surface area contributed by atoms with Crippen molar-refractivity contribution in [2.75, 3.05) is 6.54 Å². The maximum absolute atomic E-state index is 8.48. The number of hydrogen-bond acceptors (Lipinski definition) is 2. The van der Waals surface area contributed by atoms with Crippen LogP contribution >= 0.6 is 0 Å². The molecular weight excluding hydrogens is 196 g/mol. The third-order valence-electron chi connectivity index (χ3n) is 2.72. The summed E-state index contributed by atoms with van der Waals surface area (Å²) < 4.78 is 0. The lowest BCUT2D eigenvalue weighted by Gasteiger charge is -2.26. The van der Waals surface area contributed by atoms with Crippen molar-refractivity contribution in [2.45, 2.75) is 38.6 Å². The van der Waals surface area contributed by atoms with Crippen molar-refractivity contribution in [3.05, 3.63) is 35.9 Å². The van der Waals surface area contributed by atoms with Crippen LogP contribution in [0.1, 0.15) is 32.3 Å². The van der Waals surface area contributed by atoms with E-state index in [-0.39, 0.29) is 5.54 Å². The molecule has 0 saturated heterocycles. The fourth-order valence-corrected chi connectivity index (χ4v) is 1.65. The van der Waals surface area contributed by atoms with Gasteiger partial charge in [0.1, 0.15) is 0 Å². The first kappa shape index (κ1) is 12.7. The molecule has 0 aliphatic carbocycles. The second-order valence-electron chi connectivity index (χ2n) is 4.70. The van der Waals surface area contributed by atoms with E-state index >= 15 is 0 Å². The summed E-state index contributed by atoms with van der Waals surface area (Å²) in [6, 6.07) is 12.7. The molecule has 1 rings (SSSR count). The average Bonchev–Trinajstić information content (AvgIpc) is 2.28. The predicted octanol–water partition coefficient (Wildman–Crippen LogP) is 2.90. The molecule has 0 heterocycles. The van der Waals surface area contributed by atoms with Gasteiger partial charge in [-0.05, 0) is 32.3 Å². The molecule has 0 aliphatic rings. The van der Waals surface area contributed by atoms with Crippen LogP contribution in [0.25, 0.3) is 0 Å². The molecule has 2 nitrogen and oxygen atoms in total. The topological polar surface area (TPSA) is 35.8 Å². The molecule has 1 N–H and O–H groups in total. The minimum atomic E-state index is 0.104. The molecule has 1 aromatic carbocycles. The predicted molar refractivity (Wildman–Crippen MR) is 67.1 cm³/mol. The van der Waals surface area contributed by atoms with Crippen LogP contribution < -0.4 is 5.32 Å².